The van der Waals surface area contributed by atoms with E-state index in [0.717, 1.165) is 0 Å². The first-order valence-corrected chi connectivity index (χ1v) is 3.32. The second-order valence-electron chi connectivity index (χ2n) is 2.14. The molecule has 0 amide bonds. The quantitative estimate of drug-likeness (QED) is 0.486. The van der Waals surface area contributed by atoms with Crippen molar-refractivity contribution in [2.45, 2.75) is 25.7 Å². The largest absolute Gasteiger partial charge is 0.0845 e. The zero-order chi connectivity index (χ0) is 5.66. The van der Waals surface area contributed by atoms with Crippen LogP contribution in [0, 0.1) is 0 Å². The number of rotatable bonds is 0. The van der Waals surface area contributed by atoms with E-state index in [1.54, 1.807) is 0 Å². The molecule has 0 spiro atoms. The predicted molar refractivity (Wildman–Crippen MR) is 36.7 cm³/mol. The van der Waals surface area contributed by atoms with Crippen LogP contribution in [0.2, 0.25) is 0 Å². The Kier molecular flexibility index (Phi) is 6.08. The molecule has 9 heavy (non-hydrogen) atoms. The van der Waals surface area contributed by atoms with Gasteiger partial charge in [-0.3, -0.25) is 0 Å². The molecule has 0 bridgehead atoms. The molecule has 0 aromatic rings. The van der Waals surface area contributed by atoms with Crippen LogP contribution >= 0.6 is 0 Å². The summed E-state index contributed by atoms with van der Waals surface area (Å²) >= 11 is 0. The first-order chi connectivity index (χ1) is 4.00. The van der Waals surface area contributed by atoms with E-state index in [9.17, 15) is 0 Å². The smallest absolute Gasteiger partial charge is 0 e. The molecule has 0 N–H and O–H groups in total. The normalized spacial score (nSPS) is 24.9. The van der Waals surface area contributed by atoms with Crippen molar-refractivity contribution in [1.29, 1.82) is 0 Å². The average molecular weight is 167 g/mol. The van der Waals surface area contributed by atoms with Crippen molar-refractivity contribution in [1.82, 2.24) is 0 Å². The summed E-state index contributed by atoms with van der Waals surface area (Å²) in [6.07, 6.45) is 14.0. The van der Waals surface area contributed by atoms with E-state index in [0.29, 0.717) is 0 Å². The summed E-state index contributed by atoms with van der Waals surface area (Å²) in [6, 6.07) is 0. The molecule has 0 saturated carbocycles. The molecular weight excluding hydrogens is 155 g/mol. The van der Waals surface area contributed by atoms with E-state index in [4.69, 9.17) is 0 Å². The summed E-state index contributed by atoms with van der Waals surface area (Å²) in [6.45, 7) is 0. The van der Waals surface area contributed by atoms with Crippen molar-refractivity contribution >= 4 is 0 Å². The van der Waals surface area contributed by atoms with Gasteiger partial charge in [0.05, 0.1) is 0 Å². The monoisotopic (exact) mass is 166 g/mol. The first kappa shape index (κ1) is 8.97. The van der Waals surface area contributed by atoms with Gasteiger partial charge >= 0.3 is 0 Å². The summed E-state index contributed by atoms with van der Waals surface area (Å²) in [4.78, 5) is 0. The summed E-state index contributed by atoms with van der Waals surface area (Å²) < 4.78 is 0. The van der Waals surface area contributed by atoms with Gasteiger partial charge in [0.25, 0.3) is 0 Å². The van der Waals surface area contributed by atoms with Crippen molar-refractivity contribution in [3.63, 3.8) is 0 Å². The van der Waals surface area contributed by atoms with Gasteiger partial charge in [-0.05, 0) is 25.7 Å². The third-order valence-electron chi connectivity index (χ3n) is 1.37. The summed E-state index contributed by atoms with van der Waals surface area (Å²) in [5, 5.41) is 0. The molecule has 1 rings (SSSR count). The van der Waals surface area contributed by atoms with E-state index in [1.807, 2.05) is 0 Å². The third-order valence-corrected chi connectivity index (χ3v) is 1.37. The maximum absolute atomic E-state index is 2.23. The van der Waals surface area contributed by atoms with Crippen molar-refractivity contribution in [3.05, 3.63) is 24.3 Å². The summed E-state index contributed by atoms with van der Waals surface area (Å²) in [5.41, 5.74) is 0. The second-order valence-corrected chi connectivity index (χ2v) is 2.14. The number of hydrogen-bond acceptors (Lipinski definition) is 0. The minimum atomic E-state index is 0. The minimum Gasteiger partial charge on any atom is -0.0845 e. The van der Waals surface area contributed by atoms with Gasteiger partial charge in [-0.25, -0.2) is 0 Å². The van der Waals surface area contributed by atoms with Gasteiger partial charge in [-0.15, -0.1) is 0 Å². The molecule has 0 aliphatic heterocycles. The van der Waals surface area contributed by atoms with Crippen LogP contribution < -0.4 is 0 Å². The molecular formula is C8H12Ni. The summed E-state index contributed by atoms with van der Waals surface area (Å²) in [5.74, 6) is 0. The molecule has 1 aliphatic carbocycles. The van der Waals surface area contributed by atoms with Gasteiger partial charge in [0.15, 0.2) is 0 Å². The van der Waals surface area contributed by atoms with Gasteiger partial charge in [0.2, 0.25) is 0 Å². The molecule has 0 atom stereocenters. The maximum Gasteiger partial charge on any atom is 0 e. The van der Waals surface area contributed by atoms with Gasteiger partial charge in [-0.2, -0.15) is 0 Å². The Morgan fingerprint density at radius 3 is 1.67 bits per heavy atom. The van der Waals surface area contributed by atoms with Gasteiger partial charge in [-0.1, -0.05) is 24.3 Å². The Balaban J connectivity index is 0.000000640. The van der Waals surface area contributed by atoms with E-state index < -0.39 is 0 Å². The Morgan fingerprint density at radius 1 is 0.778 bits per heavy atom. The molecule has 0 saturated heterocycles. The second kappa shape index (κ2) is 6.10. The van der Waals surface area contributed by atoms with Crippen LogP contribution in [0.15, 0.2) is 24.3 Å². The molecule has 0 radical (unpaired) electrons. The summed E-state index contributed by atoms with van der Waals surface area (Å²) in [7, 11) is 0. The van der Waals surface area contributed by atoms with Crippen LogP contribution in [-0.2, 0) is 16.5 Å². The average Bonchev–Trinajstić information content (AvgIpc) is 1.62. The van der Waals surface area contributed by atoms with Gasteiger partial charge in [0, 0.05) is 16.5 Å². The number of hydrogen-bond donors (Lipinski definition) is 0. The van der Waals surface area contributed by atoms with Gasteiger partial charge in [0.1, 0.15) is 0 Å². The van der Waals surface area contributed by atoms with E-state index in [1.165, 1.54) is 25.7 Å². The maximum atomic E-state index is 2.23. The van der Waals surface area contributed by atoms with Crippen molar-refractivity contribution < 1.29 is 16.5 Å². The molecule has 0 nitrogen and oxygen atoms in total. The van der Waals surface area contributed by atoms with E-state index in [-0.39, 0.29) is 16.5 Å². The topological polar surface area (TPSA) is 0 Å². The molecule has 0 aromatic heterocycles. The molecule has 0 fully saturated rings. The van der Waals surface area contributed by atoms with Crippen molar-refractivity contribution in [2.24, 2.45) is 0 Å². The van der Waals surface area contributed by atoms with Crippen LogP contribution in [-0.4, -0.2) is 0 Å². The Bertz CT molecular complexity index is 89.1. The van der Waals surface area contributed by atoms with Crippen LogP contribution in [0.1, 0.15) is 25.7 Å². The number of allylic oxidation sites excluding steroid dienone is 4. The van der Waals surface area contributed by atoms with Gasteiger partial charge < -0.3 is 0 Å². The van der Waals surface area contributed by atoms with Crippen LogP contribution in [0.25, 0.3) is 0 Å². The third kappa shape index (κ3) is 4.48. The Morgan fingerprint density at radius 2 is 1.22 bits per heavy atom. The van der Waals surface area contributed by atoms with Crippen molar-refractivity contribution in [2.75, 3.05) is 0 Å². The Labute approximate surface area is 67.0 Å². The molecule has 1 heteroatoms. The van der Waals surface area contributed by atoms with Crippen molar-refractivity contribution in [3.8, 4) is 0 Å². The van der Waals surface area contributed by atoms with Crippen LogP contribution in [0.5, 0.6) is 0 Å². The van der Waals surface area contributed by atoms with E-state index >= 15 is 0 Å². The Hall–Kier alpha value is -0.0265. The fraction of sp³-hybridized carbons (Fsp3) is 0.500. The zero-order valence-corrected chi connectivity index (χ0v) is 6.44. The standard InChI is InChI=1S/C8H12.Ni/c1-2-4-6-8-7-5-3-1;/h1-4H,5-8H2;/b3-1-,4-2-;. The van der Waals surface area contributed by atoms with Crippen LogP contribution in [0.3, 0.4) is 0 Å². The molecule has 0 heterocycles. The molecule has 0 aromatic carbocycles. The molecule has 0 unspecified atom stereocenters. The molecule has 1 aliphatic rings. The van der Waals surface area contributed by atoms with E-state index in [2.05, 4.69) is 24.3 Å². The fourth-order valence-corrected chi connectivity index (χ4v) is 0.874. The first-order valence-electron chi connectivity index (χ1n) is 3.32. The minimum absolute atomic E-state index is 0. The SMILES string of the molecule is C1=C\CCCC\C=C/1.[Ni]. The predicted octanol–water partition coefficient (Wildman–Crippen LogP) is 2.67. The fourth-order valence-electron chi connectivity index (χ4n) is 0.874. The molecule has 54 valence electrons. The zero-order valence-electron chi connectivity index (χ0n) is 5.45. The van der Waals surface area contributed by atoms with Crippen LogP contribution in [0.4, 0.5) is 0 Å².